The van der Waals surface area contributed by atoms with Crippen molar-refractivity contribution in [1.82, 2.24) is 4.98 Å². The van der Waals surface area contributed by atoms with Crippen molar-refractivity contribution in [3.8, 4) is 0 Å². The lowest BCUT2D eigenvalue weighted by molar-refractivity contribution is 0.620. The second-order valence-corrected chi connectivity index (χ2v) is 3.46. The molecule has 1 aromatic rings. The minimum absolute atomic E-state index is 0.292. The molecule has 3 N–H and O–H groups in total. The normalized spacial score (nSPS) is 10.3. The third kappa shape index (κ3) is 4.74. The number of hydrogen-bond acceptors (Lipinski definition) is 3. The maximum Gasteiger partial charge on any atom is 0.165 e. The number of anilines is 1. The zero-order valence-corrected chi connectivity index (χ0v) is 8.88. The highest BCUT2D eigenvalue weighted by molar-refractivity contribution is 5.35. The van der Waals surface area contributed by atoms with Crippen LogP contribution in [0.4, 0.5) is 10.2 Å². The summed E-state index contributed by atoms with van der Waals surface area (Å²) in [6, 6.07) is 2.99. The molecule has 0 aliphatic rings. The van der Waals surface area contributed by atoms with E-state index >= 15 is 0 Å². The monoisotopic (exact) mass is 211 g/mol. The minimum Gasteiger partial charge on any atom is -0.368 e. The standard InChI is InChI=1S/C11H18FN3/c12-10-6-5-9-15-11(10)14-8-4-2-1-3-7-13/h5-6,9H,1-4,7-8,13H2,(H,14,15). The molecule has 0 aliphatic carbocycles. The summed E-state index contributed by atoms with van der Waals surface area (Å²) >= 11 is 0. The Bertz CT molecular complexity index is 278. The SMILES string of the molecule is NCCCCCCNc1ncccc1F. The van der Waals surface area contributed by atoms with Gasteiger partial charge in [0, 0.05) is 12.7 Å². The van der Waals surface area contributed by atoms with Crippen LogP contribution in [0.15, 0.2) is 18.3 Å². The Morgan fingerprint density at radius 2 is 2.07 bits per heavy atom. The van der Waals surface area contributed by atoms with Gasteiger partial charge in [-0.3, -0.25) is 0 Å². The van der Waals surface area contributed by atoms with E-state index in [2.05, 4.69) is 10.3 Å². The van der Waals surface area contributed by atoms with E-state index in [0.29, 0.717) is 5.82 Å². The van der Waals surface area contributed by atoms with Gasteiger partial charge in [0.2, 0.25) is 0 Å². The van der Waals surface area contributed by atoms with Gasteiger partial charge in [-0.25, -0.2) is 9.37 Å². The van der Waals surface area contributed by atoms with Crippen LogP contribution in [0.5, 0.6) is 0 Å². The van der Waals surface area contributed by atoms with Gasteiger partial charge < -0.3 is 11.1 Å². The molecule has 1 heterocycles. The van der Waals surface area contributed by atoms with E-state index < -0.39 is 0 Å². The lowest BCUT2D eigenvalue weighted by Crippen LogP contribution is -2.05. The molecule has 0 aliphatic heterocycles. The van der Waals surface area contributed by atoms with Gasteiger partial charge in [0.15, 0.2) is 11.6 Å². The Kier molecular flexibility index (Phi) is 5.70. The van der Waals surface area contributed by atoms with Crippen molar-refractivity contribution >= 4 is 5.82 Å². The van der Waals surface area contributed by atoms with Crippen LogP contribution in [0.1, 0.15) is 25.7 Å². The molecule has 4 heteroatoms. The van der Waals surface area contributed by atoms with Crippen LogP contribution in [0.25, 0.3) is 0 Å². The molecule has 0 fully saturated rings. The molecule has 0 unspecified atom stereocenters. The van der Waals surface area contributed by atoms with Crippen molar-refractivity contribution in [2.75, 3.05) is 18.4 Å². The van der Waals surface area contributed by atoms with Crippen LogP contribution < -0.4 is 11.1 Å². The molecule has 0 bridgehead atoms. The first-order valence-corrected chi connectivity index (χ1v) is 5.39. The second kappa shape index (κ2) is 7.17. The quantitative estimate of drug-likeness (QED) is 0.679. The third-order valence-corrected chi connectivity index (χ3v) is 2.18. The summed E-state index contributed by atoms with van der Waals surface area (Å²) in [6.45, 7) is 1.51. The molecule has 0 radical (unpaired) electrons. The molecule has 0 spiro atoms. The van der Waals surface area contributed by atoms with Gasteiger partial charge in [-0.1, -0.05) is 12.8 Å². The average Bonchev–Trinajstić information content (AvgIpc) is 2.25. The Morgan fingerprint density at radius 1 is 1.27 bits per heavy atom. The lowest BCUT2D eigenvalue weighted by atomic mass is 10.2. The highest BCUT2D eigenvalue weighted by atomic mass is 19.1. The maximum atomic E-state index is 13.1. The number of nitrogens with zero attached hydrogens (tertiary/aromatic N) is 1. The Hall–Kier alpha value is -1.16. The Labute approximate surface area is 89.9 Å². The first-order chi connectivity index (χ1) is 7.34. The fraction of sp³-hybridized carbons (Fsp3) is 0.545. The summed E-state index contributed by atoms with van der Waals surface area (Å²) in [7, 11) is 0. The molecular formula is C11H18FN3. The van der Waals surface area contributed by atoms with Crippen LogP contribution in [0.2, 0.25) is 0 Å². The average molecular weight is 211 g/mol. The van der Waals surface area contributed by atoms with Crippen molar-refractivity contribution < 1.29 is 4.39 Å². The number of rotatable bonds is 7. The second-order valence-electron chi connectivity index (χ2n) is 3.46. The van der Waals surface area contributed by atoms with E-state index in [0.717, 1.165) is 38.8 Å². The van der Waals surface area contributed by atoms with Crippen molar-refractivity contribution in [2.24, 2.45) is 5.73 Å². The Balaban J connectivity index is 2.12. The molecule has 0 aromatic carbocycles. The lowest BCUT2D eigenvalue weighted by Gasteiger charge is -2.05. The fourth-order valence-corrected chi connectivity index (χ4v) is 1.35. The smallest absolute Gasteiger partial charge is 0.165 e. The third-order valence-electron chi connectivity index (χ3n) is 2.18. The van der Waals surface area contributed by atoms with Crippen LogP contribution in [-0.4, -0.2) is 18.1 Å². The molecule has 0 saturated heterocycles. The molecule has 0 amide bonds. The molecule has 1 aromatic heterocycles. The highest BCUT2D eigenvalue weighted by Gasteiger charge is 1.99. The summed E-state index contributed by atoms with van der Waals surface area (Å²) < 4.78 is 13.1. The zero-order chi connectivity index (χ0) is 10.9. The van der Waals surface area contributed by atoms with Crippen LogP contribution in [0, 0.1) is 5.82 Å². The largest absolute Gasteiger partial charge is 0.368 e. The fourth-order valence-electron chi connectivity index (χ4n) is 1.35. The summed E-state index contributed by atoms with van der Waals surface area (Å²) in [5.41, 5.74) is 5.38. The van der Waals surface area contributed by atoms with Gasteiger partial charge in [-0.15, -0.1) is 0 Å². The number of aromatic nitrogens is 1. The molecule has 0 saturated carbocycles. The van der Waals surface area contributed by atoms with E-state index in [9.17, 15) is 4.39 Å². The summed E-state index contributed by atoms with van der Waals surface area (Å²) in [5.74, 6) is 0.0517. The summed E-state index contributed by atoms with van der Waals surface area (Å²) in [6.07, 6.45) is 5.94. The van der Waals surface area contributed by atoms with Gasteiger partial charge in [0.1, 0.15) is 0 Å². The number of nitrogens with one attached hydrogen (secondary N) is 1. The number of nitrogens with two attached hydrogens (primary N) is 1. The highest BCUT2D eigenvalue weighted by Crippen LogP contribution is 2.08. The number of unbranched alkanes of at least 4 members (excludes halogenated alkanes) is 3. The predicted molar refractivity (Wildman–Crippen MR) is 60.2 cm³/mol. The number of pyridine rings is 1. The van der Waals surface area contributed by atoms with E-state index in [-0.39, 0.29) is 5.82 Å². The van der Waals surface area contributed by atoms with Gasteiger partial charge in [0.05, 0.1) is 0 Å². The molecule has 0 atom stereocenters. The van der Waals surface area contributed by atoms with Crippen LogP contribution in [0.3, 0.4) is 0 Å². The molecule has 15 heavy (non-hydrogen) atoms. The van der Waals surface area contributed by atoms with Gasteiger partial charge in [-0.05, 0) is 31.5 Å². The predicted octanol–water partition coefficient (Wildman–Crippen LogP) is 2.15. The summed E-state index contributed by atoms with van der Waals surface area (Å²) in [5, 5.41) is 2.97. The number of halogens is 1. The van der Waals surface area contributed by atoms with Crippen molar-refractivity contribution in [3.63, 3.8) is 0 Å². The van der Waals surface area contributed by atoms with Gasteiger partial charge >= 0.3 is 0 Å². The van der Waals surface area contributed by atoms with Crippen molar-refractivity contribution in [3.05, 3.63) is 24.1 Å². The first kappa shape index (κ1) is 11.9. The van der Waals surface area contributed by atoms with Crippen LogP contribution >= 0.6 is 0 Å². The topological polar surface area (TPSA) is 50.9 Å². The van der Waals surface area contributed by atoms with E-state index in [4.69, 9.17) is 5.73 Å². The van der Waals surface area contributed by atoms with Crippen molar-refractivity contribution in [1.29, 1.82) is 0 Å². The molecule has 84 valence electrons. The first-order valence-electron chi connectivity index (χ1n) is 5.39. The van der Waals surface area contributed by atoms with Crippen molar-refractivity contribution in [2.45, 2.75) is 25.7 Å². The number of hydrogen-bond donors (Lipinski definition) is 2. The van der Waals surface area contributed by atoms with Gasteiger partial charge in [0.25, 0.3) is 0 Å². The van der Waals surface area contributed by atoms with E-state index in [1.165, 1.54) is 6.07 Å². The molecule has 1 rings (SSSR count). The Morgan fingerprint density at radius 3 is 2.80 bits per heavy atom. The summed E-state index contributed by atoms with van der Waals surface area (Å²) in [4.78, 5) is 3.91. The minimum atomic E-state index is -0.292. The molecular weight excluding hydrogens is 193 g/mol. The maximum absolute atomic E-state index is 13.1. The van der Waals surface area contributed by atoms with E-state index in [1.807, 2.05) is 0 Å². The van der Waals surface area contributed by atoms with Gasteiger partial charge in [-0.2, -0.15) is 0 Å². The zero-order valence-electron chi connectivity index (χ0n) is 8.88. The van der Waals surface area contributed by atoms with E-state index in [1.54, 1.807) is 12.3 Å². The molecule has 3 nitrogen and oxygen atoms in total. The van der Waals surface area contributed by atoms with Crippen LogP contribution in [-0.2, 0) is 0 Å².